The predicted octanol–water partition coefficient (Wildman–Crippen LogP) is 12.1. The minimum atomic E-state index is -0.681. The number of hydrogen-bond donors (Lipinski definition) is 2. The van der Waals surface area contributed by atoms with E-state index in [1.807, 2.05) is 37.4 Å². The van der Waals surface area contributed by atoms with Crippen molar-refractivity contribution in [1.82, 2.24) is 0 Å². The highest BCUT2D eigenvalue weighted by atomic mass is 32.2. The van der Waals surface area contributed by atoms with E-state index in [4.69, 9.17) is 0 Å². The molecule has 4 atom stereocenters. The third-order valence-corrected chi connectivity index (χ3v) is 12.6. The van der Waals surface area contributed by atoms with Crippen LogP contribution in [0.15, 0.2) is 0 Å². The molecule has 0 saturated heterocycles. The molecule has 0 aliphatic carbocycles. The topological polar surface area (TPSA) is 74.6 Å². The Kier molecular flexibility index (Phi) is 28.8. The molecule has 0 aliphatic rings. The van der Waals surface area contributed by atoms with E-state index in [-0.39, 0.29) is 22.3 Å². The maximum atomic E-state index is 11.8. The first kappa shape index (κ1) is 42.6. The third-order valence-electron chi connectivity index (χ3n) is 9.41. The van der Waals surface area contributed by atoms with Gasteiger partial charge in [-0.15, -0.1) is 0 Å². The maximum absolute atomic E-state index is 11.8. The Labute approximate surface area is 276 Å². The lowest BCUT2D eigenvalue weighted by Gasteiger charge is -2.23. The van der Waals surface area contributed by atoms with Crippen molar-refractivity contribution >= 4 is 35.5 Å². The molecule has 0 bridgehead atoms. The van der Waals surface area contributed by atoms with E-state index >= 15 is 0 Å². The molecule has 0 aromatic rings. The van der Waals surface area contributed by atoms with E-state index in [1.54, 1.807) is 0 Å². The Hall–Kier alpha value is -0.360. The van der Waals surface area contributed by atoms with Crippen molar-refractivity contribution in [2.45, 2.75) is 187 Å². The number of carboxylic acids is 2. The summed E-state index contributed by atoms with van der Waals surface area (Å²) in [5.74, 6) is 1.77. The van der Waals surface area contributed by atoms with Crippen LogP contribution in [0.1, 0.15) is 176 Å². The first-order valence-corrected chi connectivity index (χ1v) is 20.5. The largest absolute Gasteiger partial charge is 0.481 e. The van der Waals surface area contributed by atoms with Gasteiger partial charge in [-0.1, -0.05) is 138 Å². The van der Waals surface area contributed by atoms with Gasteiger partial charge >= 0.3 is 11.9 Å². The molecule has 6 heteroatoms. The zero-order valence-electron chi connectivity index (χ0n) is 29.3. The second-order valence-electron chi connectivity index (χ2n) is 13.3. The van der Waals surface area contributed by atoms with E-state index in [2.05, 4.69) is 27.7 Å². The number of unbranched alkanes of at least 4 members (excludes halogenated alkanes) is 6. The molecule has 0 rings (SSSR count). The third kappa shape index (κ3) is 22.7. The zero-order chi connectivity index (χ0) is 32.3. The van der Waals surface area contributed by atoms with Crippen LogP contribution in [0.4, 0.5) is 0 Å². The van der Waals surface area contributed by atoms with Gasteiger partial charge in [-0.3, -0.25) is 9.59 Å². The Bertz CT molecular complexity index is 589. The maximum Gasteiger partial charge on any atom is 0.307 e. The van der Waals surface area contributed by atoms with Crippen molar-refractivity contribution in [2.75, 3.05) is 11.5 Å². The molecular weight excluding hydrogens is 573 g/mol. The first-order chi connectivity index (χ1) is 20.7. The summed E-state index contributed by atoms with van der Waals surface area (Å²) in [6, 6.07) is 0. The number of aliphatic carboxylic acids is 2. The SMILES string of the molecule is CCCCC(CCCC)CCCSC(CCCCCC(SCCCC(CCCC)CCCC)C(C)C(=O)O)C(C)C(=O)O. The van der Waals surface area contributed by atoms with Gasteiger partial charge in [-0.2, -0.15) is 23.5 Å². The molecule has 0 radical (unpaired) electrons. The second-order valence-corrected chi connectivity index (χ2v) is 16.0. The van der Waals surface area contributed by atoms with Crippen molar-refractivity contribution in [1.29, 1.82) is 0 Å². The lowest BCUT2D eigenvalue weighted by molar-refractivity contribution is -0.142. The first-order valence-electron chi connectivity index (χ1n) is 18.4. The quantitative estimate of drug-likeness (QED) is 0.0710. The van der Waals surface area contributed by atoms with Crippen LogP contribution in [0, 0.1) is 23.7 Å². The van der Waals surface area contributed by atoms with Gasteiger partial charge in [0.25, 0.3) is 0 Å². The summed E-state index contributed by atoms with van der Waals surface area (Å²) < 4.78 is 0. The molecule has 0 saturated carbocycles. The number of carboxylic acid groups (broad SMARTS) is 2. The van der Waals surface area contributed by atoms with Gasteiger partial charge in [-0.25, -0.2) is 0 Å². The van der Waals surface area contributed by atoms with Gasteiger partial charge in [0.2, 0.25) is 0 Å². The molecule has 0 spiro atoms. The molecule has 4 unspecified atom stereocenters. The Morgan fingerprint density at radius 1 is 0.465 bits per heavy atom. The molecule has 0 aromatic carbocycles. The highest BCUT2D eigenvalue weighted by molar-refractivity contribution is 8.00. The fourth-order valence-electron chi connectivity index (χ4n) is 6.19. The number of thioether (sulfide) groups is 2. The zero-order valence-corrected chi connectivity index (χ0v) is 30.9. The van der Waals surface area contributed by atoms with Crippen molar-refractivity contribution < 1.29 is 19.8 Å². The molecular formula is C37H72O4S2. The van der Waals surface area contributed by atoms with Crippen molar-refractivity contribution in [2.24, 2.45) is 23.7 Å². The summed E-state index contributed by atoms with van der Waals surface area (Å²) in [5.41, 5.74) is 0. The van der Waals surface area contributed by atoms with Gasteiger partial charge in [-0.05, 0) is 61.9 Å². The van der Waals surface area contributed by atoms with E-state index in [0.29, 0.717) is 0 Å². The van der Waals surface area contributed by atoms with Crippen LogP contribution in [0.5, 0.6) is 0 Å². The van der Waals surface area contributed by atoms with Crippen molar-refractivity contribution in [3.63, 3.8) is 0 Å². The standard InChI is InChI=1S/C37H72O4S2/c1-7-11-20-32(21-12-8-2)24-18-28-42-34(30(5)36(38)39)26-16-15-17-27-35(31(6)37(40)41)43-29-19-25-33(22-13-9-3)23-14-10-4/h30-35H,7-29H2,1-6H3,(H,38,39)(H,40,41). The molecule has 256 valence electrons. The molecule has 0 amide bonds. The Morgan fingerprint density at radius 2 is 0.767 bits per heavy atom. The molecule has 43 heavy (non-hydrogen) atoms. The van der Waals surface area contributed by atoms with Crippen LogP contribution < -0.4 is 0 Å². The summed E-state index contributed by atoms with van der Waals surface area (Å²) in [6.45, 7) is 12.8. The highest BCUT2D eigenvalue weighted by Gasteiger charge is 2.25. The fourth-order valence-corrected chi connectivity index (χ4v) is 8.94. The van der Waals surface area contributed by atoms with E-state index in [9.17, 15) is 19.8 Å². The second kappa shape index (κ2) is 29.1. The minimum absolute atomic E-state index is 0.165. The van der Waals surface area contributed by atoms with Crippen LogP contribution in [0.3, 0.4) is 0 Å². The predicted molar refractivity (Wildman–Crippen MR) is 193 cm³/mol. The average molecular weight is 645 g/mol. The molecule has 0 fully saturated rings. The summed E-state index contributed by atoms with van der Waals surface area (Å²) in [5, 5.41) is 19.8. The Morgan fingerprint density at radius 3 is 1.05 bits per heavy atom. The van der Waals surface area contributed by atoms with Gasteiger partial charge < -0.3 is 10.2 Å². The van der Waals surface area contributed by atoms with Crippen LogP contribution in [0.2, 0.25) is 0 Å². The minimum Gasteiger partial charge on any atom is -0.481 e. The van der Waals surface area contributed by atoms with Crippen LogP contribution in [-0.4, -0.2) is 44.2 Å². The fraction of sp³-hybridized carbons (Fsp3) is 0.946. The van der Waals surface area contributed by atoms with E-state index in [1.165, 1.54) is 103 Å². The lowest BCUT2D eigenvalue weighted by Crippen LogP contribution is -2.24. The normalized spacial score (nSPS) is 14.7. The van der Waals surface area contributed by atoms with Crippen molar-refractivity contribution in [3.05, 3.63) is 0 Å². The van der Waals surface area contributed by atoms with E-state index < -0.39 is 11.9 Å². The van der Waals surface area contributed by atoms with Crippen molar-refractivity contribution in [3.8, 4) is 0 Å². The highest BCUT2D eigenvalue weighted by Crippen LogP contribution is 2.31. The van der Waals surface area contributed by atoms with Crippen LogP contribution in [-0.2, 0) is 9.59 Å². The smallest absolute Gasteiger partial charge is 0.307 e. The molecule has 4 nitrogen and oxygen atoms in total. The summed E-state index contributed by atoms with van der Waals surface area (Å²) in [4.78, 5) is 23.7. The summed E-state index contributed by atoms with van der Waals surface area (Å²) in [6.07, 6.45) is 25.7. The Balaban J connectivity index is 4.67. The van der Waals surface area contributed by atoms with Crippen LogP contribution >= 0.6 is 23.5 Å². The van der Waals surface area contributed by atoms with Gasteiger partial charge in [0.05, 0.1) is 11.8 Å². The lowest BCUT2D eigenvalue weighted by atomic mass is 9.92. The van der Waals surface area contributed by atoms with Gasteiger partial charge in [0, 0.05) is 10.5 Å². The van der Waals surface area contributed by atoms with Gasteiger partial charge in [0.15, 0.2) is 0 Å². The monoisotopic (exact) mass is 644 g/mol. The molecule has 0 aliphatic heterocycles. The van der Waals surface area contributed by atoms with E-state index in [0.717, 1.165) is 55.4 Å². The average Bonchev–Trinajstić information content (AvgIpc) is 2.99. The number of hydrogen-bond acceptors (Lipinski definition) is 4. The summed E-state index contributed by atoms with van der Waals surface area (Å²) in [7, 11) is 0. The summed E-state index contributed by atoms with van der Waals surface area (Å²) >= 11 is 3.77. The molecule has 0 heterocycles. The number of rotatable bonds is 32. The molecule has 2 N–H and O–H groups in total. The van der Waals surface area contributed by atoms with Gasteiger partial charge in [0.1, 0.15) is 0 Å². The number of carbonyl (C=O) groups is 2. The molecule has 0 aromatic heterocycles. The van der Waals surface area contributed by atoms with Crippen LogP contribution in [0.25, 0.3) is 0 Å².